The lowest BCUT2D eigenvalue weighted by Crippen LogP contribution is -2.00. The van der Waals surface area contributed by atoms with Crippen LogP contribution in [0.4, 0.5) is 0 Å². The molecule has 0 saturated heterocycles. The largest absolute Gasteiger partial charge is 0.456 e. The number of nitrogens with zero attached hydrogens (tertiary/aromatic N) is 3. The molecule has 8 rings (SSSR count). The summed E-state index contributed by atoms with van der Waals surface area (Å²) in [6, 6.07) is 49.1. The summed E-state index contributed by atoms with van der Waals surface area (Å²) < 4.78 is 6.27. The van der Waals surface area contributed by atoms with Gasteiger partial charge in [0.15, 0.2) is 0 Å². The zero-order valence-electron chi connectivity index (χ0n) is 23.0. The first-order valence-corrected chi connectivity index (χ1v) is 14.1. The molecule has 0 amide bonds. The molecule has 0 bridgehead atoms. The molecule has 43 heavy (non-hydrogen) atoms. The normalized spacial score (nSPS) is 11.1. The van der Waals surface area contributed by atoms with Crippen LogP contribution in [0.3, 0.4) is 0 Å². The van der Waals surface area contributed by atoms with Crippen LogP contribution in [0.15, 0.2) is 144 Å². The molecule has 4 heteroatoms. The SMILES string of the molecule is c1cccc(-c2nc(-c3ccc(-c4cccnc4)cc3)c(-c3ccc4c(c3)oc3ccccc34)nc2-c2ccccc2)c#1. The zero-order chi connectivity index (χ0) is 28.6. The molecule has 0 saturated carbocycles. The maximum Gasteiger partial charge on any atom is 0.136 e. The Kier molecular flexibility index (Phi) is 5.98. The van der Waals surface area contributed by atoms with Gasteiger partial charge in [0.25, 0.3) is 0 Å². The van der Waals surface area contributed by atoms with Crippen LogP contribution in [-0.2, 0) is 0 Å². The molecule has 0 atom stereocenters. The lowest BCUT2D eigenvalue weighted by molar-refractivity contribution is 0.669. The summed E-state index contributed by atoms with van der Waals surface area (Å²) >= 11 is 0. The average Bonchev–Trinajstić information content (AvgIpc) is 3.47. The van der Waals surface area contributed by atoms with Gasteiger partial charge in [0.2, 0.25) is 0 Å². The zero-order valence-corrected chi connectivity index (χ0v) is 23.0. The van der Waals surface area contributed by atoms with E-state index >= 15 is 0 Å². The van der Waals surface area contributed by atoms with E-state index in [0.29, 0.717) is 0 Å². The molecular weight excluding hydrogens is 526 g/mol. The number of rotatable bonds is 5. The first kappa shape index (κ1) is 24.7. The second-order valence-corrected chi connectivity index (χ2v) is 10.3. The van der Waals surface area contributed by atoms with E-state index in [4.69, 9.17) is 14.4 Å². The molecular formula is C39H23N3O. The number of fused-ring (bicyclic) bond motifs is 3. The first-order chi connectivity index (χ1) is 21.3. The fourth-order valence-corrected chi connectivity index (χ4v) is 5.54. The molecule has 0 unspecified atom stereocenters. The smallest absolute Gasteiger partial charge is 0.136 e. The summed E-state index contributed by atoms with van der Waals surface area (Å²) in [6.45, 7) is 0. The van der Waals surface area contributed by atoms with Gasteiger partial charge in [0, 0.05) is 39.9 Å². The van der Waals surface area contributed by atoms with E-state index in [-0.39, 0.29) is 0 Å². The minimum absolute atomic E-state index is 0.753. The number of pyridine rings is 1. The van der Waals surface area contributed by atoms with Gasteiger partial charge in [-0.1, -0.05) is 103 Å². The minimum Gasteiger partial charge on any atom is -0.456 e. The van der Waals surface area contributed by atoms with Crippen LogP contribution in [-0.4, -0.2) is 15.0 Å². The standard InChI is InChI=1S/C39H23N3O/c1-3-10-27(11-4-1)36-37(28-12-5-2-6-13-28)42-39(30-21-22-33-32-15-7-8-16-34(32)43-35(33)24-30)38(41-36)29-19-17-26(18-20-29)31-14-9-23-40-25-31/h1-3,5-10,12-25H. The van der Waals surface area contributed by atoms with Gasteiger partial charge >= 0.3 is 0 Å². The summed E-state index contributed by atoms with van der Waals surface area (Å²) in [7, 11) is 0. The van der Waals surface area contributed by atoms with Crippen molar-refractivity contribution in [3.63, 3.8) is 0 Å². The van der Waals surface area contributed by atoms with Crippen LogP contribution in [0.5, 0.6) is 0 Å². The summed E-state index contributed by atoms with van der Waals surface area (Å²) in [5.41, 5.74) is 10.6. The molecule has 200 valence electrons. The fraction of sp³-hybridized carbons (Fsp3) is 0. The Morgan fingerprint density at radius 3 is 1.98 bits per heavy atom. The van der Waals surface area contributed by atoms with Crippen LogP contribution in [0.25, 0.3) is 78.1 Å². The quantitative estimate of drug-likeness (QED) is 0.214. The molecule has 0 aliphatic rings. The van der Waals surface area contributed by atoms with Gasteiger partial charge in [0.1, 0.15) is 16.9 Å². The minimum atomic E-state index is 0.753. The van der Waals surface area contributed by atoms with Gasteiger partial charge in [-0.05, 0) is 47.5 Å². The molecule has 5 aromatic carbocycles. The lowest BCUT2D eigenvalue weighted by Gasteiger charge is -2.15. The molecule has 4 nitrogen and oxygen atoms in total. The van der Waals surface area contributed by atoms with Crippen molar-refractivity contribution in [1.82, 2.24) is 15.0 Å². The third-order valence-electron chi connectivity index (χ3n) is 7.65. The molecule has 0 aliphatic heterocycles. The van der Waals surface area contributed by atoms with Gasteiger partial charge < -0.3 is 4.42 Å². The number of hydrogen-bond acceptors (Lipinski definition) is 4. The van der Waals surface area contributed by atoms with Crippen LogP contribution >= 0.6 is 0 Å². The van der Waals surface area contributed by atoms with Gasteiger partial charge in [-0.15, -0.1) is 0 Å². The highest BCUT2D eigenvalue weighted by molar-refractivity contribution is 6.06. The van der Waals surface area contributed by atoms with Crippen molar-refractivity contribution >= 4 is 21.9 Å². The highest BCUT2D eigenvalue weighted by atomic mass is 16.3. The van der Waals surface area contributed by atoms with E-state index in [1.54, 1.807) is 6.20 Å². The van der Waals surface area contributed by atoms with Crippen molar-refractivity contribution < 1.29 is 4.42 Å². The predicted octanol–water partition coefficient (Wildman–Crippen LogP) is 9.71. The molecule has 8 aromatic rings. The van der Waals surface area contributed by atoms with Crippen molar-refractivity contribution in [1.29, 1.82) is 0 Å². The second kappa shape index (κ2) is 10.4. The van der Waals surface area contributed by atoms with E-state index in [1.807, 2.05) is 66.9 Å². The summed E-state index contributed by atoms with van der Waals surface area (Å²) in [4.78, 5) is 15.0. The van der Waals surface area contributed by atoms with Gasteiger partial charge in [-0.3, -0.25) is 4.98 Å². The lowest BCUT2D eigenvalue weighted by atomic mass is 9.98. The van der Waals surface area contributed by atoms with E-state index in [1.165, 1.54) is 0 Å². The van der Waals surface area contributed by atoms with Crippen molar-refractivity contribution in [2.45, 2.75) is 0 Å². The Morgan fingerprint density at radius 1 is 0.488 bits per heavy atom. The maximum absolute atomic E-state index is 6.27. The van der Waals surface area contributed by atoms with E-state index in [9.17, 15) is 0 Å². The van der Waals surface area contributed by atoms with Crippen LogP contribution in [0, 0.1) is 12.1 Å². The van der Waals surface area contributed by atoms with Crippen molar-refractivity contribution in [3.8, 4) is 56.2 Å². The molecule has 0 radical (unpaired) electrons. The van der Waals surface area contributed by atoms with E-state index < -0.39 is 0 Å². The second-order valence-electron chi connectivity index (χ2n) is 10.3. The predicted molar refractivity (Wildman–Crippen MR) is 172 cm³/mol. The third-order valence-corrected chi connectivity index (χ3v) is 7.65. The Bertz CT molecular complexity index is 2210. The third kappa shape index (κ3) is 4.50. The number of benzene rings is 4. The number of hydrogen-bond donors (Lipinski definition) is 0. The van der Waals surface area contributed by atoms with Gasteiger partial charge in [0.05, 0.1) is 22.6 Å². The molecule has 0 aliphatic carbocycles. The number of aromatic nitrogens is 3. The summed E-state index contributed by atoms with van der Waals surface area (Å²) in [5, 5.41) is 2.17. The monoisotopic (exact) mass is 549 g/mol. The Labute approximate surface area is 249 Å². The summed E-state index contributed by atoms with van der Waals surface area (Å²) in [5.74, 6) is 0. The average molecular weight is 550 g/mol. The van der Waals surface area contributed by atoms with Crippen molar-refractivity contribution in [2.75, 3.05) is 0 Å². The van der Waals surface area contributed by atoms with E-state index in [2.05, 4.69) is 83.8 Å². The molecule has 0 fully saturated rings. The molecule has 0 N–H and O–H groups in total. The molecule has 3 heterocycles. The molecule has 0 spiro atoms. The Morgan fingerprint density at radius 2 is 1.16 bits per heavy atom. The van der Waals surface area contributed by atoms with E-state index in [0.717, 1.165) is 78.1 Å². The van der Waals surface area contributed by atoms with Crippen LogP contribution in [0.2, 0.25) is 0 Å². The van der Waals surface area contributed by atoms with Crippen molar-refractivity contribution in [3.05, 3.63) is 152 Å². The van der Waals surface area contributed by atoms with Gasteiger partial charge in [-0.2, -0.15) is 0 Å². The number of para-hydroxylation sites is 1. The number of furan rings is 1. The molecule has 3 aromatic heterocycles. The topological polar surface area (TPSA) is 51.8 Å². The van der Waals surface area contributed by atoms with Gasteiger partial charge in [-0.25, -0.2) is 9.97 Å². The Hall–Kier alpha value is -6.05. The van der Waals surface area contributed by atoms with Crippen LogP contribution in [0.1, 0.15) is 0 Å². The highest BCUT2D eigenvalue weighted by Gasteiger charge is 2.20. The maximum atomic E-state index is 6.27. The van der Waals surface area contributed by atoms with Crippen molar-refractivity contribution in [2.24, 2.45) is 0 Å². The Balaban J connectivity index is 1.38. The first-order valence-electron chi connectivity index (χ1n) is 14.1. The fourth-order valence-electron chi connectivity index (χ4n) is 5.54. The summed E-state index contributed by atoms with van der Waals surface area (Å²) in [6.07, 6.45) is 3.66. The highest BCUT2D eigenvalue weighted by Crippen LogP contribution is 2.39. The van der Waals surface area contributed by atoms with Crippen LogP contribution < -0.4 is 0 Å².